The third-order valence-corrected chi connectivity index (χ3v) is 3.47. The number of hydrogen-bond donors (Lipinski definition) is 2. The second-order valence-corrected chi connectivity index (χ2v) is 5.00. The number of nitrogens with zero attached hydrogens (tertiary/aromatic N) is 1. The van der Waals surface area contributed by atoms with Crippen LogP contribution in [0.1, 0.15) is 18.4 Å². The van der Waals surface area contributed by atoms with Crippen LogP contribution in [-0.2, 0) is 20.9 Å². The number of aliphatic carboxylic acids is 1. The molecule has 2 N–H and O–H groups in total. The van der Waals surface area contributed by atoms with Crippen LogP contribution in [0, 0.1) is 0 Å². The van der Waals surface area contributed by atoms with Gasteiger partial charge in [0.15, 0.2) is 6.10 Å². The molecule has 1 heterocycles. The number of ether oxygens (including phenoxy) is 1. The van der Waals surface area contributed by atoms with Crippen LogP contribution in [0.25, 0.3) is 0 Å². The van der Waals surface area contributed by atoms with E-state index in [1.807, 2.05) is 30.3 Å². The van der Waals surface area contributed by atoms with Crippen LogP contribution in [0.5, 0.6) is 0 Å². The highest BCUT2D eigenvalue weighted by molar-refractivity contribution is 5.82. The van der Waals surface area contributed by atoms with E-state index in [2.05, 4.69) is 0 Å². The van der Waals surface area contributed by atoms with Gasteiger partial charge in [-0.1, -0.05) is 30.3 Å². The van der Waals surface area contributed by atoms with Gasteiger partial charge in [0, 0.05) is 13.1 Å². The van der Waals surface area contributed by atoms with E-state index in [1.54, 1.807) is 0 Å². The summed E-state index contributed by atoms with van der Waals surface area (Å²) >= 11 is 0. The molecule has 1 aliphatic rings. The molecule has 1 aliphatic heterocycles. The number of benzene rings is 1. The maximum Gasteiger partial charge on any atom is 0.332 e. The van der Waals surface area contributed by atoms with Crippen LogP contribution in [0.4, 0.5) is 0 Å². The van der Waals surface area contributed by atoms with Gasteiger partial charge >= 0.3 is 5.97 Å². The van der Waals surface area contributed by atoms with Crippen LogP contribution in [0.3, 0.4) is 0 Å². The number of hydrogen-bond acceptors (Lipinski definition) is 4. The van der Waals surface area contributed by atoms with Gasteiger partial charge in [-0.2, -0.15) is 0 Å². The number of rotatable bonds is 6. The topological polar surface area (TPSA) is 87.1 Å². The zero-order valence-corrected chi connectivity index (χ0v) is 11.6. The summed E-state index contributed by atoms with van der Waals surface area (Å²) < 4.78 is 5.28. The average molecular weight is 293 g/mol. The van der Waals surface area contributed by atoms with Gasteiger partial charge in [0.2, 0.25) is 0 Å². The van der Waals surface area contributed by atoms with Gasteiger partial charge in [0.05, 0.1) is 6.61 Å². The molecular formula is C15H19NO5. The Morgan fingerprint density at radius 3 is 2.43 bits per heavy atom. The van der Waals surface area contributed by atoms with E-state index in [9.17, 15) is 9.59 Å². The summed E-state index contributed by atoms with van der Waals surface area (Å²) in [5, 5.41) is 18.0. The van der Waals surface area contributed by atoms with E-state index in [1.165, 1.54) is 4.90 Å². The van der Waals surface area contributed by atoms with Gasteiger partial charge in [-0.15, -0.1) is 0 Å². The summed E-state index contributed by atoms with van der Waals surface area (Å²) in [5.41, 5.74) is 0.951. The molecule has 0 bridgehead atoms. The minimum absolute atomic E-state index is 0.145. The van der Waals surface area contributed by atoms with Crippen LogP contribution < -0.4 is 0 Å². The normalized spacial score (nSPS) is 21.2. The maximum atomic E-state index is 12.4. The first-order valence-electron chi connectivity index (χ1n) is 6.93. The van der Waals surface area contributed by atoms with E-state index in [0.717, 1.165) is 5.56 Å². The van der Waals surface area contributed by atoms with E-state index in [4.69, 9.17) is 14.9 Å². The molecule has 1 aromatic rings. The number of aliphatic hydroxyl groups excluding tert-OH is 1. The Morgan fingerprint density at radius 1 is 1.19 bits per heavy atom. The highest BCUT2D eigenvalue weighted by atomic mass is 16.5. The van der Waals surface area contributed by atoms with Gasteiger partial charge in [-0.05, 0) is 18.4 Å². The second kappa shape index (κ2) is 7.19. The zero-order chi connectivity index (χ0) is 15.2. The first-order valence-corrected chi connectivity index (χ1v) is 6.93. The summed E-state index contributed by atoms with van der Waals surface area (Å²) in [4.78, 5) is 24.8. The van der Waals surface area contributed by atoms with Crippen molar-refractivity contribution >= 4 is 11.9 Å². The molecule has 0 unspecified atom stereocenters. The number of carboxylic acids is 1. The zero-order valence-electron chi connectivity index (χ0n) is 11.6. The van der Waals surface area contributed by atoms with Crippen LogP contribution in [0.2, 0.25) is 0 Å². The van der Waals surface area contributed by atoms with Gasteiger partial charge in [0.25, 0.3) is 5.91 Å². The van der Waals surface area contributed by atoms with Gasteiger partial charge < -0.3 is 19.8 Å². The standard InChI is InChI=1S/C15H19NO5/c17-9-8-16(10-11-4-2-1-3-5-11)14(18)12-6-7-13(21-12)15(19)20/h1-5,12-13,17H,6-10H2,(H,19,20)/t12-,13+/m0/s1. The monoisotopic (exact) mass is 293 g/mol. The molecule has 114 valence electrons. The third-order valence-electron chi connectivity index (χ3n) is 3.47. The fraction of sp³-hybridized carbons (Fsp3) is 0.467. The lowest BCUT2D eigenvalue weighted by Gasteiger charge is -2.25. The number of carboxylic acid groups (broad SMARTS) is 1. The van der Waals surface area contributed by atoms with Crippen molar-refractivity contribution in [3.05, 3.63) is 35.9 Å². The lowest BCUT2D eigenvalue weighted by molar-refractivity contribution is -0.155. The van der Waals surface area contributed by atoms with E-state index in [0.29, 0.717) is 19.4 Å². The Labute approximate surface area is 122 Å². The van der Waals surface area contributed by atoms with Crippen LogP contribution >= 0.6 is 0 Å². The number of aliphatic hydroxyl groups is 1. The van der Waals surface area contributed by atoms with Crippen molar-refractivity contribution < 1.29 is 24.5 Å². The average Bonchev–Trinajstić information content (AvgIpc) is 2.97. The Kier molecular flexibility index (Phi) is 5.30. The van der Waals surface area contributed by atoms with Crippen molar-refractivity contribution in [2.75, 3.05) is 13.2 Å². The Bertz CT molecular complexity index is 490. The SMILES string of the molecule is O=C(O)[C@H]1CC[C@@H](C(=O)N(CCO)Cc2ccccc2)O1. The maximum absolute atomic E-state index is 12.4. The lowest BCUT2D eigenvalue weighted by atomic mass is 10.1. The van der Waals surface area contributed by atoms with Gasteiger partial charge in [-0.25, -0.2) is 4.79 Å². The molecule has 2 rings (SSSR count). The summed E-state index contributed by atoms with van der Waals surface area (Å²) in [6.07, 6.45) is -0.913. The summed E-state index contributed by atoms with van der Waals surface area (Å²) in [6, 6.07) is 9.44. The Morgan fingerprint density at radius 2 is 1.86 bits per heavy atom. The predicted molar refractivity (Wildman–Crippen MR) is 74.5 cm³/mol. The molecule has 6 heteroatoms. The van der Waals surface area contributed by atoms with Crippen molar-refractivity contribution in [1.82, 2.24) is 4.90 Å². The second-order valence-electron chi connectivity index (χ2n) is 5.00. The molecule has 1 amide bonds. The van der Waals surface area contributed by atoms with Crippen LogP contribution in [0.15, 0.2) is 30.3 Å². The molecule has 0 aliphatic carbocycles. The van der Waals surface area contributed by atoms with Crippen LogP contribution in [-0.4, -0.2) is 52.3 Å². The minimum Gasteiger partial charge on any atom is -0.479 e. The molecule has 1 aromatic carbocycles. The van der Waals surface area contributed by atoms with Crippen molar-refractivity contribution in [3.63, 3.8) is 0 Å². The third kappa shape index (κ3) is 4.03. The van der Waals surface area contributed by atoms with Crippen molar-refractivity contribution in [2.24, 2.45) is 0 Å². The van der Waals surface area contributed by atoms with E-state index < -0.39 is 18.2 Å². The minimum atomic E-state index is -1.04. The first kappa shape index (κ1) is 15.5. The Balaban J connectivity index is 2.01. The summed E-state index contributed by atoms with van der Waals surface area (Å²) in [6.45, 7) is 0.427. The summed E-state index contributed by atoms with van der Waals surface area (Å²) in [5.74, 6) is -1.31. The van der Waals surface area contributed by atoms with E-state index >= 15 is 0 Å². The molecule has 21 heavy (non-hydrogen) atoms. The molecule has 0 radical (unpaired) electrons. The van der Waals surface area contributed by atoms with Gasteiger partial charge in [0.1, 0.15) is 6.10 Å². The molecule has 1 saturated heterocycles. The van der Waals surface area contributed by atoms with Crippen molar-refractivity contribution in [3.8, 4) is 0 Å². The first-order chi connectivity index (χ1) is 10.1. The van der Waals surface area contributed by atoms with Crippen molar-refractivity contribution in [1.29, 1.82) is 0 Å². The lowest BCUT2D eigenvalue weighted by Crippen LogP contribution is -2.40. The van der Waals surface area contributed by atoms with Gasteiger partial charge in [-0.3, -0.25) is 4.79 Å². The molecule has 1 fully saturated rings. The number of amides is 1. The molecule has 2 atom stereocenters. The fourth-order valence-electron chi connectivity index (χ4n) is 2.40. The van der Waals surface area contributed by atoms with Crippen molar-refractivity contribution in [2.45, 2.75) is 31.6 Å². The number of carbonyl (C=O) groups is 2. The molecule has 6 nitrogen and oxygen atoms in total. The quantitative estimate of drug-likeness (QED) is 0.803. The van der Waals surface area contributed by atoms with E-state index in [-0.39, 0.29) is 19.1 Å². The molecular weight excluding hydrogens is 274 g/mol. The predicted octanol–water partition coefficient (Wildman–Crippen LogP) is 0.640. The molecule has 0 spiro atoms. The molecule has 0 aromatic heterocycles. The highest BCUT2D eigenvalue weighted by Crippen LogP contribution is 2.22. The Hall–Kier alpha value is -1.92. The molecule has 0 saturated carbocycles. The largest absolute Gasteiger partial charge is 0.479 e. The summed E-state index contributed by atoms with van der Waals surface area (Å²) in [7, 11) is 0. The number of carbonyl (C=O) groups excluding carboxylic acids is 1. The smallest absolute Gasteiger partial charge is 0.332 e. The fourth-order valence-corrected chi connectivity index (χ4v) is 2.40. The highest BCUT2D eigenvalue weighted by Gasteiger charge is 2.36.